The number of nitrogens with two attached hydrogens (primary N) is 1. The van der Waals surface area contributed by atoms with E-state index >= 15 is 0 Å². The number of carbonyl (C=O) groups excluding carboxylic acids is 3. The van der Waals surface area contributed by atoms with Crippen molar-refractivity contribution in [2.24, 2.45) is 5.73 Å². The van der Waals surface area contributed by atoms with E-state index in [9.17, 15) is 22.8 Å². The molecule has 1 aromatic carbocycles. The molecule has 0 unspecified atom stereocenters. The Balaban J connectivity index is 0.00000578. The number of rotatable bonds is 8. The number of ether oxygens (including phenoxy) is 3. The molecule has 0 aliphatic rings. The van der Waals surface area contributed by atoms with E-state index in [2.05, 4.69) is 24.7 Å². The van der Waals surface area contributed by atoms with E-state index < -0.39 is 49.9 Å². The zero-order valence-electron chi connectivity index (χ0n) is 20.3. The molecule has 0 aliphatic heterocycles. The first kappa shape index (κ1) is 28.9. The summed E-state index contributed by atoms with van der Waals surface area (Å²) in [7, 11) is 1.77. The van der Waals surface area contributed by atoms with Crippen molar-refractivity contribution < 1.29 is 68.0 Å². The zero-order chi connectivity index (χ0) is 24.9. The van der Waals surface area contributed by atoms with Crippen molar-refractivity contribution >= 4 is 39.6 Å². The van der Waals surface area contributed by atoms with E-state index in [1.165, 1.54) is 34.4 Å². The van der Waals surface area contributed by atoms with E-state index in [1.807, 2.05) is 0 Å². The van der Waals surface area contributed by atoms with Crippen LogP contribution >= 0.6 is 0 Å². The predicted octanol–water partition coefficient (Wildman–Crippen LogP) is -2.61. The van der Waals surface area contributed by atoms with Gasteiger partial charge in [0.1, 0.15) is 4.90 Å². The molecular weight excluding hydrogens is 483 g/mol. The second-order valence-electron chi connectivity index (χ2n) is 6.46. The fraction of sp³-hybridized carbons (Fsp3) is 0.278. The summed E-state index contributed by atoms with van der Waals surface area (Å²) in [5, 5.41) is 2.24. The zero-order valence-corrected chi connectivity index (χ0v) is 22.1. The normalized spacial score (nSPS) is 10.4. The van der Waals surface area contributed by atoms with E-state index in [4.69, 9.17) is 15.2 Å². The first-order valence-electron chi connectivity index (χ1n) is 8.97. The molecule has 34 heavy (non-hydrogen) atoms. The van der Waals surface area contributed by atoms with Gasteiger partial charge in [-0.05, 0) is 12.1 Å². The number of carbonyl (C=O) groups is 3. The number of amides is 3. The molecule has 2 rings (SSSR count). The van der Waals surface area contributed by atoms with Crippen LogP contribution in [0.2, 0.25) is 0 Å². The summed E-state index contributed by atoms with van der Waals surface area (Å²) < 4.78 is 43.1. The minimum atomic E-state index is -4.63. The van der Waals surface area contributed by atoms with Gasteiger partial charge in [0.2, 0.25) is 23.6 Å². The van der Waals surface area contributed by atoms with Gasteiger partial charge in [0.15, 0.2) is 0 Å². The van der Waals surface area contributed by atoms with Crippen molar-refractivity contribution in [2.45, 2.75) is 4.90 Å². The Bertz CT molecular complexity index is 1190. The molecule has 14 nitrogen and oxygen atoms in total. The first-order valence-corrected chi connectivity index (χ1v) is 10.5. The van der Waals surface area contributed by atoms with Gasteiger partial charge in [0, 0.05) is 19.8 Å². The summed E-state index contributed by atoms with van der Waals surface area (Å²) in [4.78, 5) is 44.7. The Kier molecular flexibility index (Phi) is 10.0. The van der Waals surface area contributed by atoms with Crippen molar-refractivity contribution in [1.82, 2.24) is 14.9 Å². The van der Waals surface area contributed by atoms with Gasteiger partial charge < -0.3 is 26.3 Å². The minimum absolute atomic E-state index is 0. The van der Waals surface area contributed by atoms with E-state index in [-0.39, 0.29) is 48.4 Å². The van der Waals surface area contributed by atoms with Gasteiger partial charge in [0.25, 0.3) is 15.9 Å². The second kappa shape index (κ2) is 11.8. The SMILES string of the molecule is COC(=O)Nc1cc(C(N)=O)c(C(=O)N(C)C)c(S(=O)(=O)Nc2nc(OC)cc(OC)n2)c1.[H-].[Na+]. The maximum Gasteiger partial charge on any atom is 1.00 e. The third-order valence-corrected chi connectivity index (χ3v) is 5.38. The average molecular weight is 506 g/mol. The van der Waals surface area contributed by atoms with Crippen molar-refractivity contribution in [1.29, 1.82) is 0 Å². The topological polar surface area (TPSA) is 192 Å². The number of sulfonamides is 1. The summed E-state index contributed by atoms with van der Waals surface area (Å²) >= 11 is 0. The van der Waals surface area contributed by atoms with Gasteiger partial charge in [0.05, 0.1) is 38.5 Å². The van der Waals surface area contributed by atoms with Crippen LogP contribution in [0.15, 0.2) is 23.1 Å². The standard InChI is InChI=1S/C18H22N6O8S.Na.H/c1-24(2)16(26)14-10(15(19)25)6-9(20-18(27)32-5)7-11(14)33(28,29)23-17-21-12(30-3)8-13(22-17)31-4;;/h6-8H,1-5H3,(H2,19,25)(H,20,27)(H,21,22,23);;/q;+1;-1. The molecule has 16 heteroatoms. The molecule has 0 fully saturated rings. The van der Waals surface area contributed by atoms with Crippen LogP contribution in [-0.2, 0) is 14.8 Å². The van der Waals surface area contributed by atoms with Gasteiger partial charge in [-0.2, -0.15) is 9.97 Å². The van der Waals surface area contributed by atoms with Crippen LogP contribution in [0.1, 0.15) is 22.1 Å². The summed E-state index contributed by atoms with van der Waals surface area (Å²) in [6, 6.07) is 3.32. The molecule has 3 amide bonds. The molecule has 0 saturated heterocycles. The number of primary amides is 1. The fourth-order valence-corrected chi connectivity index (χ4v) is 3.73. The van der Waals surface area contributed by atoms with E-state index in [0.717, 1.165) is 24.1 Å². The Labute approximate surface area is 219 Å². The van der Waals surface area contributed by atoms with Crippen molar-refractivity contribution in [3.63, 3.8) is 0 Å². The Hall–Kier alpha value is -3.14. The van der Waals surface area contributed by atoms with E-state index in [1.54, 1.807) is 0 Å². The van der Waals surface area contributed by atoms with Crippen LogP contribution < -0.4 is 54.8 Å². The van der Waals surface area contributed by atoms with Crippen molar-refractivity contribution in [3.05, 3.63) is 29.3 Å². The first-order chi connectivity index (χ1) is 15.4. The Morgan fingerprint density at radius 3 is 2.03 bits per heavy atom. The van der Waals surface area contributed by atoms with Gasteiger partial charge in [-0.3, -0.25) is 14.9 Å². The summed E-state index contributed by atoms with van der Waals surface area (Å²) in [6.07, 6.45) is -0.950. The average Bonchev–Trinajstić information content (AvgIpc) is 2.76. The maximum absolute atomic E-state index is 13.3. The molecule has 2 aromatic rings. The number of hydrogen-bond donors (Lipinski definition) is 3. The molecule has 0 radical (unpaired) electrons. The van der Waals surface area contributed by atoms with Gasteiger partial charge in [-0.1, -0.05) is 0 Å². The molecule has 4 N–H and O–H groups in total. The molecule has 180 valence electrons. The number of aromatic nitrogens is 2. The number of anilines is 2. The molecule has 0 saturated carbocycles. The molecule has 1 aromatic heterocycles. The molecular formula is C18H23N6NaO8S. The summed E-state index contributed by atoms with van der Waals surface area (Å²) in [5.41, 5.74) is 4.25. The Morgan fingerprint density at radius 1 is 1.03 bits per heavy atom. The smallest absolute Gasteiger partial charge is 1.00 e. The quantitative estimate of drug-likeness (QED) is 0.320. The predicted molar refractivity (Wildman–Crippen MR) is 116 cm³/mol. The number of hydrogen-bond acceptors (Lipinski definition) is 10. The maximum atomic E-state index is 13.3. The number of nitrogens with zero attached hydrogens (tertiary/aromatic N) is 3. The van der Waals surface area contributed by atoms with Crippen LogP contribution in [0, 0.1) is 0 Å². The molecule has 0 spiro atoms. The van der Waals surface area contributed by atoms with Gasteiger partial charge in [-0.15, -0.1) is 0 Å². The number of methoxy groups -OCH3 is 3. The van der Waals surface area contributed by atoms with Crippen LogP contribution in [0.5, 0.6) is 11.8 Å². The number of benzene rings is 1. The van der Waals surface area contributed by atoms with E-state index in [0.29, 0.717) is 0 Å². The third kappa shape index (κ3) is 6.69. The van der Waals surface area contributed by atoms with Crippen LogP contribution in [-0.4, -0.2) is 76.6 Å². The van der Waals surface area contributed by atoms with Gasteiger partial charge in [-0.25, -0.2) is 17.9 Å². The van der Waals surface area contributed by atoms with Crippen LogP contribution in [0.3, 0.4) is 0 Å². The fourth-order valence-electron chi connectivity index (χ4n) is 2.54. The molecule has 0 bridgehead atoms. The number of nitrogens with one attached hydrogen (secondary N) is 2. The largest absolute Gasteiger partial charge is 1.00 e. The summed E-state index contributed by atoms with van der Waals surface area (Å²) in [5.74, 6) is -2.41. The van der Waals surface area contributed by atoms with Gasteiger partial charge >= 0.3 is 35.7 Å². The summed E-state index contributed by atoms with van der Waals surface area (Å²) in [6.45, 7) is 0. The monoisotopic (exact) mass is 506 g/mol. The Morgan fingerprint density at radius 2 is 1.59 bits per heavy atom. The van der Waals surface area contributed by atoms with Crippen molar-refractivity contribution in [2.75, 3.05) is 45.5 Å². The van der Waals surface area contributed by atoms with Crippen LogP contribution in [0.25, 0.3) is 0 Å². The minimum Gasteiger partial charge on any atom is -1.00 e. The van der Waals surface area contributed by atoms with Crippen molar-refractivity contribution in [3.8, 4) is 11.8 Å². The third-order valence-electron chi connectivity index (χ3n) is 4.03. The second-order valence-corrected chi connectivity index (χ2v) is 8.11. The van der Waals surface area contributed by atoms with Crippen LogP contribution in [0.4, 0.5) is 16.4 Å². The molecule has 1 heterocycles. The molecule has 0 aliphatic carbocycles. The molecule has 0 atom stereocenters.